The molecule has 0 amide bonds. The van der Waals surface area contributed by atoms with E-state index in [0.717, 1.165) is 6.61 Å². The standard InChI is InChI=1S/C43H89NO/c1-11-13-14-15-22-27-33-40(43(9,10)45-12-2)34-32-39-44(37-30-25-20-16-18-23-28-35-41(3,4)5)38-31-26-21-17-19-24-29-36-42(6,7)8/h40H,11-39H2,1-10H3. The minimum absolute atomic E-state index is 0.00274. The molecule has 0 spiro atoms. The van der Waals surface area contributed by atoms with Crippen LogP contribution in [0.5, 0.6) is 0 Å². The van der Waals surface area contributed by atoms with Crippen molar-refractivity contribution in [3.05, 3.63) is 0 Å². The summed E-state index contributed by atoms with van der Waals surface area (Å²) in [5.74, 6) is 0.682. The number of rotatable bonds is 32. The smallest absolute Gasteiger partial charge is 0.0654 e. The van der Waals surface area contributed by atoms with Crippen LogP contribution >= 0.6 is 0 Å². The Hall–Kier alpha value is -0.0800. The maximum Gasteiger partial charge on any atom is 0.0654 e. The number of unbranched alkanes of at least 4 members (excludes halogenated alkanes) is 17. The predicted molar refractivity (Wildman–Crippen MR) is 206 cm³/mol. The maximum absolute atomic E-state index is 6.32. The van der Waals surface area contributed by atoms with Crippen molar-refractivity contribution in [2.75, 3.05) is 26.2 Å². The van der Waals surface area contributed by atoms with Crippen molar-refractivity contribution < 1.29 is 4.74 Å². The first-order valence-corrected chi connectivity index (χ1v) is 20.7. The second-order valence-corrected chi connectivity index (χ2v) is 17.8. The molecule has 0 fully saturated rings. The van der Waals surface area contributed by atoms with Crippen LogP contribution in [0, 0.1) is 16.7 Å². The van der Waals surface area contributed by atoms with Crippen LogP contribution in [-0.2, 0) is 4.74 Å². The van der Waals surface area contributed by atoms with Crippen molar-refractivity contribution in [1.29, 1.82) is 0 Å². The molecule has 0 radical (unpaired) electrons. The van der Waals surface area contributed by atoms with Crippen LogP contribution in [-0.4, -0.2) is 36.7 Å². The van der Waals surface area contributed by atoms with Crippen LogP contribution in [0.15, 0.2) is 0 Å². The molecule has 2 nitrogen and oxygen atoms in total. The predicted octanol–water partition coefficient (Wildman–Crippen LogP) is 14.6. The molecule has 0 aromatic carbocycles. The lowest BCUT2D eigenvalue weighted by atomic mass is 9.82. The molecule has 272 valence electrons. The highest BCUT2D eigenvalue weighted by Crippen LogP contribution is 2.31. The first kappa shape index (κ1) is 44.9. The summed E-state index contributed by atoms with van der Waals surface area (Å²) >= 11 is 0. The molecule has 1 atom stereocenters. The summed E-state index contributed by atoms with van der Waals surface area (Å²) in [6.45, 7) is 28.2. The summed E-state index contributed by atoms with van der Waals surface area (Å²) in [5, 5.41) is 0. The van der Waals surface area contributed by atoms with Crippen LogP contribution < -0.4 is 0 Å². The van der Waals surface area contributed by atoms with E-state index in [4.69, 9.17) is 4.74 Å². The van der Waals surface area contributed by atoms with Crippen LogP contribution in [0.2, 0.25) is 0 Å². The van der Waals surface area contributed by atoms with Crippen molar-refractivity contribution in [2.45, 2.75) is 235 Å². The number of hydrogen-bond donors (Lipinski definition) is 0. The molecule has 45 heavy (non-hydrogen) atoms. The first-order valence-electron chi connectivity index (χ1n) is 20.7. The molecule has 1 unspecified atom stereocenters. The fraction of sp³-hybridized carbons (Fsp3) is 1.00. The number of hydrogen-bond acceptors (Lipinski definition) is 2. The highest BCUT2D eigenvalue weighted by Gasteiger charge is 2.29. The Labute approximate surface area is 287 Å². The van der Waals surface area contributed by atoms with Gasteiger partial charge in [0.2, 0.25) is 0 Å². The molecule has 0 bridgehead atoms. The van der Waals surface area contributed by atoms with Crippen LogP contribution in [0.3, 0.4) is 0 Å². The van der Waals surface area contributed by atoms with Gasteiger partial charge in [-0.25, -0.2) is 0 Å². The summed E-state index contributed by atoms with van der Waals surface area (Å²) < 4.78 is 6.32. The SMILES string of the molecule is CCCCCCCCC(CCCN(CCCCCCCCCC(C)(C)C)CCCCCCCCCC(C)(C)C)C(C)(C)OCC. The van der Waals surface area contributed by atoms with Crippen LogP contribution in [0.25, 0.3) is 0 Å². The largest absolute Gasteiger partial charge is 0.376 e. The molecule has 0 aromatic rings. The third kappa shape index (κ3) is 31.0. The fourth-order valence-corrected chi connectivity index (χ4v) is 7.15. The van der Waals surface area contributed by atoms with E-state index in [1.54, 1.807) is 0 Å². The molecular formula is C43H89NO. The van der Waals surface area contributed by atoms with Gasteiger partial charge < -0.3 is 9.64 Å². The lowest BCUT2D eigenvalue weighted by Crippen LogP contribution is -2.35. The lowest BCUT2D eigenvalue weighted by molar-refractivity contribution is -0.0608. The Bertz CT molecular complexity index is 580. The molecule has 0 aliphatic heterocycles. The second kappa shape index (κ2) is 27.8. The Balaban J connectivity index is 4.63. The number of ether oxygens (including phenoxy) is 1. The van der Waals surface area contributed by atoms with Crippen molar-refractivity contribution in [2.24, 2.45) is 16.7 Å². The van der Waals surface area contributed by atoms with E-state index in [2.05, 4.69) is 74.1 Å². The van der Waals surface area contributed by atoms with Gasteiger partial charge in [-0.05, 0) is 102 Å². The van der Waals surface area contributed by atoms with Gasteiger partial charge in [0, 0.05) is 6.61 Å². The molecule has 0 aromatic heterocycles. The molecule has 0 saturated heterocycles. The van der Waals surface area contributed by atoms with Crippen molar-refractivity contribution in [1.82, 2.24) is 4.90 Å². The molecule has 0 heterocycles. The minimum Gasteiger partial charge on any atom is -0.376 e. The van der Waals surface area contributed by atoms with Gasteiger partial charge in [-0.15, -0.1) is 0 Å². The van der Waals surface area contributed by atoms with Gasteiger partial charge in [0.1, 0.15) is 0 Å². The minimum atomic E-state index is 0.00274. The van der Waals surface area contributed by atoms with E-state index in [1.807, 2.05) is 0 Å². The normalized spacial score (nSPS) is 13.7. The molecule has 2 heteroatoms. The van der Waals surface area contributed by atoms with Gasteiger partial charge in [0.25, 0.3) is 0 Å². The van der Waals surface area contributed by atoms with E-state index in [1.165, 1.54) is 180 Å². The van der Waals surface area contributed by atoms with E-state index >= 15 is 0 Å². The summed E-state index contributed by atoms with van der Waals surface area (Å²) in [5.41, 5.74) is 1.01. The maximum atomic E-state index is 6.32. The quantitative estimate of drug-likeness (QED) is 0.0682. The lowest BCUT2D eigenvalue weighted by Gasteiger charge is -2.35. The van der Waals surface area contributed by atoms with Gasteiger partial charge in [-0.3, -0.25) is 0 Å². The third-order valence-corrected chi connectivity index (χ3v) is 10.2. The third-order valence-electron chi connectivity index (χ3n) is 10.2. The summed E-state index contributed by atoms with van der Waals surface area (Å²) in [4.78, 5) is 2.85. The Morgan fingerprint density at radius 3 is 1.20 bits per heavy atom. The van der Waals surface area contributed by atoms with Gasteiger partial charge in [-0.2, -0.15) is 0 Å². The van der Waals surface area contributed by atoms with Crippen LogP contribution in [0.4, 0.5) is 0 Å². The first-order chi connectivity index (χ1) is 21.3. The monoisotopic (exact) mass is 636 g/mol. The van der Waals surface area contributed by atoms with E-state index < -0.39 is 0 Å². The highest BCUT2D eigenvalue weighted by molar-refractivity contribution is 4.80. The van der Waals surface area contributed by atoms with E-state index in [-0.39, 0.29) is 5.60 Å². The van der Waals surface area contributed by atoms with Gasteiger partial charge in [0.15, 0.2) is 0 Å². The van der Waals surface area contributed by atoms with Gasteiger partial charge in [-0.1, -0.05) is 164 Å². The van der Waals surface area contributed by atoms with Crippen molar-refractivity contribution in [3.63, 3.8) is 0 Å². The summed E-state index contributed by atoms with van der Waals surface area (Å²) in [6, 6.07) is 0. The Morgan fingerprint density at radius 2 is 0.778 bits per heavy atom. The summed E-state index contributed by atoms with van der Waals surface area (Å²) in [6.07, 6.45) is 35.0. The molecule has 0 aliphatic rings. The zero-order valence-corrected chi connectivity index (χ0v) is 33.4. The van der Waals surface area contributed by atoms with Crippen molar-refractivity contribution in [3.8, 4) is 0 Å². The second-order valence-electron chi connectivity index (χ2n) is 17.8. The van der Waals surface area contributed by atoms with E-state index in [9.17, 15) is 0 Å². The fourth-order valence-electron chi connectivity index (χ4n) is 7.15. The zero-order chi connectivity index (χ0) is 33.9. The molecule has 0 N–H and O–H groups in total. The Morgan fingerprint density at radius 1 is 0.422 bits per heavy atom. The number of nitrogens with zero attached hydrogens (tertiary/aromatic N) is 1. The summed E-state index contributed by atoms with van der Waals surface area (Å²) in [7, 11) is 0. The molecule has 0 aliphatic carbocycles. The average Bonchev–Trinajstić information content (AvgIpc) is 2.94. The zero-order valence-electron chi connectivity index (χ0n) is 33.4. The Kier molecular flexibility index (Phi) is 27.8. The van der Waals surface area contributed by atoms with Gasteiger partial charge in [0.05, 0.1) is 5.60 Å². The van der Waals surface area contributed by atoms with E-state index in [0.29, 0.717) is 16.7 Å². The molecular weight excluding hydrogens is 546 g/mol. The van der Waals surface area contributed by atoms with Gasteiger partial charge >= 0.3 is 0 Å². The topological polar surface area (TPSA) is 12.5 Å². The average molecular weight is 636 g/mol. The molecule has 0 rings (SSSR count). The molecule has 0 saturated carbocycles. The van der Waals surface area contributed by atoms with Crippen molar-refractivity contribution >= 4 is 0 Å². The van der Waals surface area contributed by atoms with Crippen LogP contribution in [0.1, 0.15) is 230 Å². The highest BCUT2D eigenvalue weighted by atomic mass is 16.5.